The van der Waals surface area contributed by atoms with Crippen molar-refractivity contribution in [1.29, 1.82) is 0 Å². The Bertz CT molecular complexity index is 786. The van der Waals surface area contributed by atoms with E-state index in [0.717, 1.165) is 23.1 Å². The fourth-order valence-electron chi connectivity index (χ4n) is 2.87. The maximum Gasteiger partial charge on any atom is 0.193 e. The predicted octanol–water partition coefficient (Wildman–Crippen LogP) is 5.56. The number of benzene rings is 2. The molecule has 116 valence electrons. The Morgan fingerprint density at radius 1 is 1.00 bits per heavy atom. The first-order valence-corrected chi connectivity index (χ1v) is 8.07. The van der Waals surface area contributed by atoms with Crippen LogP contribution in [-0.2, 0) is 5.41 Å². The molecule has 3 rings (SSSR count). The van der Waals surface area contributed by atoms with Crippen LogP contribution in [0.3, 0.4) is 0 Å². The second-order valence-electron chi connectivity index (χ2n) is 7.03. The van der Waals surface area contributed by atoms with E-state index in [1.165, 1.54) is 11.1 Å². The lowest BCUT2D eigenvalue weighted by atomic mass is 9.83. The van der Waals surface area contributed by atoms with Gasteiger partial charge in [-0.3, -0.25) is 4.79 Å². The van der Waals surface area contributed by atoms with Gasteiger partial charge < -0.3 is 0 Å². The van der Waals surface area contributed by atoms with Crippen molar-refractivity contribution < 1.29 is 4.79 Å². The molecule has 0 heterocycles. The van der Waals surface area contributed by atoms with Crippen molar-refractivity contribution in [2.75, 3.05) is 0 Å². The van der Waals surface area contributed by atoms with Crippen LogP contribution in [0.5, 0.6) is 0 Å². The van der Waals surface area contributed by atoms with Gasteiger partial charge in [0.1, 0.15) is 0 Å². The Kier molecular flexibility index (Phi) is 4.04. The molecule has 0 saturated carbocycles. The highest BCUT2D eigenvalue weighted by molar-refractivity contribution is 6.12. The summed E-state index contributed by atoms with van der Waals surface area (Å²) in [7, 11) is 0. The molecule has 0 saturated heterocycles. The van der Waals surface area contributed by atoms with Gasteiger partial charge >= 0.3 is 0 Å². The molecule has 1 heteroatoms. The second kappa shape index (κ2) is 6.00. The summed E-state index contributed by atoms with van der Waals surface area (Å²) in [5.74, 6) is 0.0968. The van der Waals surface area contributed by atoms with Crippen molar-refractivity contribution >= 4 is 11.4 Å². The SMILES string of the molecule is CC(C)(C)c1ccc(C2=CC=CC2)c(C(=O)c2ccccc2)c1. The normalized spacial score (nSPS) is 14.0. The third-order valence-electron chi connectivity index (χ3n) is 4.28. The highest BCUT2D eigenvalue weighted by atomic mass is 16.1. The first-order chi connectivity index (χ1) is 11.0. The summed E-state index contributed by atoms with van der Waals surface area (Å²) in [6.45, 7) is 6.53. The number of hydrogen-bond acceptors (Lipinski definition) is 1. The third-order valence-corrected chi connectivity index (χ3v) is 4.28. The molecule has 0 aliphatic heterocycles. The summed E-state index contributed by atoms with van der Waals surface area (Å²) in [6.07, 6.45) is 7.19. The van der Waals surface area contributed by atoms with Crippen LogP contribution in [0.1, 0.15) is 54.2 Å². The van der Waals surface area contributed by atoms with Gasteiger partial charge in [-0.2, -0.15) is 0 Å². The van der Waals surface area contributed by atoms with Gasteiger partial charge in [-0.15, -0.1) is 0 Å². The van der Waals surface area contributed by atoms with Gasteiger partial charge in [0.15, 0.2) is 5.78 Å². The quantitative estimate of drug-likeness (QED) is 0.678. The molecule has 0 atom stereocenters. The van der Waals surface area contributed by atoms with Crippen LogP contribution in [-0.4, -0.2) is 5.78 Å². The second-order valence-corrected chi connectivity index (χ2v) is 7.03. The minimum Gasteiger partial charge on any atom is -0.289 e. The molecule has 0 unspecified atom stereocenters. The number of hydrogen-bond donors (Lipinski definition) is 0. The molecule has 0 spiro atoms. The molecule has 0 amide bonds. The molecular formula is C22H22O. The van der Waals surface area contributed by atoms with Gasteiger partial charge in [0.05, 0.1) is 0 Å². The number of allylic oxidation sites excluding steroid dienone is 4. The van der Waals surface area contributed by atoms with Crippen molar-refractivity contribution in [3.63, 3.8) is 0 Å². The summed E-state index contributed by atoms with van der Waals surface area (Å²) in [5.41, 5.74) is 5.02. The van der Waals surface area contributed by atoms with Gasteiger partial charge in [0, 0.05) is 11.1 Å². The minimum absolute atomic E-state index is 0.0204. The smallest absolute Gasteiger partial charge is 0.193 e. The zero-order chi connectivity index (χ0) is 16.4. The summed E-state index contributed by atoms with van der Waals surface area (Å²) in [6, 6.07) is 15.9. The molecule has 0 aromatic heterocycles. The largest absolute Gasteiger partial charge is 0.289 e. The molecule has 0 N–H and O–H groups in total. The van der Waals surface area contributed by atoms with E-state index in [-0.39, 0.29) is 11.2 Å². The number of rotatable bonds is 3. The zero-order valence-corrected chi connectivity index (χ0v) is 14.0. The Morgan fingerprint density at radius 2 is 1.74 bits per heavy atom. The Labute approximate surface area is 138 Å². The lowest BCUT2D eigenvalue weighted by Crippen LogP contribution is -2.14. The van der Waals surface area contributed by atoms with Crippen molar-refractivity contribution in [1.82, 2.24) is 0 Å². The van der Waals surface area contributed by atoms with Crippen LogP contribution in [0.15, 0.2) is 66.8 Å². The lowest BCUT2D eigenvalue weighted by molar-refractivity contribution is 0.103. The van der Waals surface area contributed by atoms with E-state index in [9.17, 15) is 4.79 Å². The Hall–Kier alpha value is -2.41. The lowest BCUT2D eigenvalue weighted by Gasteiger charge is -2.21. The van der Waals surface area contributed by atoms with Gasteiger partial charge in [-0.1, -0.05) is 81.5 Å². The summed E-state index contributed by atoms with van der Waals surface area (Å²) >= 11 is 0. The van der Waals surface area contributed by atoms with E-state index in [0.29, 0.717) is 0 Å². The number of ketones is 1. The molecule has 0 radical (unpaired) electrons. The summed E-state index contributed by atoms with van der Waals surface area (Å²) in [5, 5.41) is 0. The van der Waals surface area contributed by atoms with Gasteiger partial charge in [0.25, 0.3) is 0 Å². The monoisotopic (exact) mass is 302 g/mol. The molecule has 1 aliphatic rings. The van der Waals surface area contributed by atoms with Gasteiger partial charge in [-0.05, 0) is 34.6 Å². The highest BCUT2D eigenvalue weighted by Crippen LogP contribution is 2.32. The topological polar surface area (TPSA) is 17.1 Å². The molecule has 0 bridgehead atoms. The first kappa shape index (κ1) is 15.5. The first-order valence-electron chi connectivity index (χ1n) is 8.07. The maximum atomic E-state index is 13.1. The Morgan fingerprint density at radius 3 is 2.35 bits per heavy atom. The van der Waals surface area contributed by atoms with E-state index in [1.54, 1.807) is 0 Å². The van der Waals surface area contributed by atoms with Crippen LogP contribution in [0, 0.1) is 0 Å². The highest BCUT2D eigenvalue weighted by Gasteiger charge is 2.21. The molecule has 1 aliphatic carbocycles. The molecule has 0 fully saturated rings. The average molecular weight is 302 g/mol. The van der Waals surface area contributed by atoms with E-state index in [2.05, 4.69) is 57.2 Å². The van der Waals surface area contributed by atoms with Gasteiger partial charge in [0.2, 0.25) is 0 Å². The number of carbonyl (C=O) groups is 1. The van der Waals surface area contributed by atoms with Gasteiger partial charge in [-0.25, -0.2) is 0 Å². The third kappa shape index (κ3) is 3.19. The molecular weight excluding hydrogens is 280 g/mol. The van der Waals surface area contributed by atoms with Crippen molar-refractivity contribution in [3.05, 3.63) is 89.0 Å². The van der Waals surface area contributed by atoms with Crippen LogP contribution in [0.4, 0.5) is 0 Å². The van der Waals surface area contributed by atoms with E-state index < -0.39 is 0 Å². The van der Waals surface area contributed by atoms with Crippen LogP contribution >= 0.6 is 0 Å². The van der Waals surface area contributed by atoms with E-state index >= 15 is 0 Å². The summed E-state index contributed by atoms with van der Waals surface area (Å²) < 4.78 is 0. The van der Waals surface area contributed by atoms with Crippen LogP contribution in [0.25, 0.3) is 5.57 Å². The standard InChI is InChI=1S/C22H22O/c1-22(2,3)18-13-14-19(16-9-7-8-10-16)20(15-18)21(23)17-11-5-4-6-12-17/h4-9,11-15H,10H2,1-3H3. The molecule has 1 nitrogen and oxygen atoms in total. The van der Waals surface area contributed by atoms with E-state index in [1.807, 2.05) is 30.3 Å². The zero-order valence-electron chi connectivity index (χ0n) is 14.0. The van der Waals surface area contributed by atoms with Crippen LogP contribution in [0.2, 0.25) is 0 Å². The van der Waals surface area contributed by atoms with Crippen LogP contribution < -0.4 is 0 Å². The fraction of sp³-hybridized carbons (Fsp3) is 0.227. The predicted molar refractivity (Wildman–Crippen MR) is 96.8 cm³/mol. The minimum atomic E-state index is 0.0204. The molecule has 2 aromatic rings. The Balaban J connectivity index is 2.13. The maximum absolute atomic E-state index is 13.1. The van der Waals surface area contributed by atoms with Crippen molar-refractivity contribution in [2.45, 2.75) is 32.6 Å². The van der Waals surface area contributed by atoms with Crippen molar-refractivity contribution in [3.8, 4) is 0 Å². The average Bonchev–Trinajstić information content (AvgIpc) is 3.08. The summed E-state index contributed by atoms with van der Waals surface area (Å²) in [4.78, 5) is 13.1. The van der Waals surface area contributed by atoms with E-state index in [4.69, 9.17) is 0 Å². The number of carbonyl (C=O) groups excluding carboxylic acids is 1. The molecule has 2 aromatic carbocycles. The molecule has 23 heavy (non-hydrogen) atoms. The fourth-order valence-corrected chi connectivity index (χ4v) is 2.87. The van der Waals surface area contributed by atoms with Crippen molar-refractivity contribution in [2.24, 2.45) is 0 Å².